The standard InChI is InChI=1S/C12H20N2O2/c1-8(2)13-12(15)10(4)14-9(3)11-6-5-7-16-11/h5-10,14H,1-4H3,(H,13,15). The summed E-state index contributed by atoms with van der Waals surface area (Å²) in [6.45, 7) is 7.70. The molecule has 1 heterocycles. The molecule has 0 aliphatic heterocycles. The lowest BCUT2D eigenvalue weighted by atomic mass is 10.2. The van der Waals surface area contributed by atoms with E-state index in [4.69, 9.17) is 4.42 Å². The summed E-state index contributed by atoms with van der Waals surface area (Å²) < 4.78 is 5.26. The average Bonchev–Trinajstić information content (AvgIpc) is 2.68. The van der Waals surface area contributed by atoms with Crippen LogP contribution in [0.1, 0.15) is 39.5 Å². The number of nitrogens with one attached hydrogen (secondary N) is 2. The highest BCUT2D eigenvalue weighted by Crippen LogP contribution is 2.12. The lowest BCUT2D eigenvalue weighted by Gasteiger charge is -2.19. The molecule has 1 rings (SSSR count). The fourth-order valence-electron chi connectivity index (χ4n) is 1.48. The van der Waals surface area contributed by atoms with Crippen LogP contribution in [0.25, 0.3) is 0 Å². The molecular formula is C12H20N2O2. The number of amides is 1. The maximum atomic E-state index is 11.7. The number of hydrogen-bond acceptors (Lipinski definition) is 3. The SMILES string of the molecule is CC(C)NC(=O)C(C)NC(C)c1ccco1. The first kappa shape index (κ1) is 12.8. The van der Waals surface area contributed by atoms with Crippen molar-refractivity contribution < 1.29 is 9.21 Å². The van der Waals surface area contributed by atoms with Gasteiger partial charge in [-0.25, -0.2) is 0 Å². The van der Waals surface area contributed by atoms with E-state index in [9.17, 15) is 4.79 Å². The molecule has 0 spiro atoms. The minimum Gasteiger partial charge on any atom is -0.468 e. The van der Waals surface area contributed by atoms with Gasteiger partial charge in [0.1, 0.15) is 5.76 Å². The van der Waals surface area contributed by atoms with Gasteiger partial charge >= 0.3 is 0 Å². The molecule has 0 bridgehead atoms. The van der Waals surface area contributed by atoms with Crippen LogP contribution >= 0.6 is 0 Å². The topological polar surface area (TPSA) is 54.3 Å². The smallest absolute Gasteiger partial charge is 0.237 e. The molecule has 0 aromatic carbocycles. The van der Waals surface area contributed by atoms with Crippen LogP contribution in [0.15, 0.2) is 22.8 Å². The number of carbonyl (C=O) groups is 1. The quantitative estimate of drug-likeness (QED) is 0.802. The van der Waals surface area contributed by atoms with Gasteiger partial charge in [0.2, 0.25) is 5.91 Å². The van der Waals surface area contributed by atoms with Crippen LogP contribution in [0.4, 0.5) is 0 Å². The number of carbonyl (C=O) groups excluding carboxylic acids is 1. The summed E-state index contributed by atoms with van der Waals surface area (Å²) in [4.78, 5) is 11.7. The zero-order valence-corrected chi connectivity index (χ0v) is 10.3. The van der Waals surface area contributed by atoms with Gasteiger partial charge in [-0.1, -0.05) is 0 Å². The molecule has 0 radical (unpaired) electrons. The molecule has 1 aromatic rings. The fraction of sp³-hybridized carbons (Fsp3) is 0.583. The molecule has 4 heteroatoms. The summed E-state index contributed by atoms with van der Waals surface area (Å²) in [6.07, 6.45) is 1.63. The molecule has 4 nitrogen and oxygen atoms in total. The summed E-state index contributed by atoms with van der Waals surface area (Å²) >= 11 is 0. The summed E-state index contributed by atoms with van der Waals surface area (Å²) in [6, 6.07) is 3.69. The van der Waals surface area contributed by atoms with Crippen molar-refractivity contribution >= 4 is 5.91 Å². The molecule has 90 valence electrons. The monoisotopic (exact) mass is 224 g/mol. The molecule has 1 amide bonds. The number of hydrogen-bond donors (Lipinski definition) is 2. The van der Waals surface area contributed by atoms with Gasteiger partial charge in [-0.2, -0.15) is 0 Å². The largest absolute Gasteiger partial charge is 0.468 e. The van der Waals surface area contributed by atoms with E-state index in [1.54, 1.807) is 6.26 Å². The van der Waals surface area contributed by atoms with Crippen LogP contribution in [0.2, 0.25) is 0 Å². The van der Waals surface area contributed by atoms with Gasteiger partial charge in [0.15, 0.2) is 0 Å². The third-order valence-corrected chi connectivity index (χ3v) is 2.29. The van der Waals surface area contributed by atoms with E-state index in [-0.39, 0.29) is 24.0 Å². The minimum atomic E-state index is -0.234. The maximum absolute atomic E-state index is 11.7. The first-order valence-electron chi connectivity index (χ1n) is 5.60. The second-order valence-electron chi connectivity index (χ2n) is 4.29. The van der Waals surface area contributed by atoms with Gasteiger partial charge < -0.3 is 9.73 Å². The van der Waals surface area contributed by atoms with Crippen LogP contribution in [0.5, 0.6) is 0 Å². The van der Waals surface area contributed by atoms with Crippen molar-refractivity contribution in [3.8, 4) is 0 Å². The first-order chi connectivity index (χ1) is 7.50. The second-order valence-corrected chi connectivity index (χ2v) is 4.29. The van der Waals surface area contributed by atoms with E-state index in [2.05, 4.69) is 10.6 Å². The third kappa shape index (κ3) is 3.70. The summed E-state index contributed by atoms with van der Waals surface area (Å²) in [5, 5.41) is 6.04. The van der Waals surface area contributed by atoms with Crippen molar-refractivity contribution in [1.82, 2.24) is 10.6 Å². The Labute approximate surface area is 96.4 Å². The molecule has 2 atom stereocenters. The molecule has 0 fully saturated rings. The van der Waals surface area contributed by atoms with Gasteiger partial charge in [-0.3, -0.25) is 10.1 Å². The highest BCUT2D eigenvalue weighted by atomic mass is 16.3. The molecule has 0 aliphatic carbocycles. The Morgan fingerprint density at radius 1 is 1.31 bits per heavy atom. The van der Waals surface area contributed by atoms with E-state index < -0.39 is 0 Å². The number of rotatable bonds is 5. The summed E-state index contributed by atoms with van der Waals surface area (Å²) in [5.41, 5.74) is 0. The van der Waals surface area contributed by atoms with E-state index in [1.165, 1.54) is 0 Å². The highest BCUT2D eigenvalue weighted by Gasteiger charge is 2.17. The van der Waals surface area contributed by atoms with Crippen molar-refractivity contribution in [2.24, 2.45) is 0 Å². The van der Waals surface area contributed by atoms with Gasteiger partial charge in [-0.15, -0.1) is 0 Å². The Morgan fingerprint density at radius 2 is 2.00 bits per heavy atom. The Hall–Kier alpha value is -1.29. The van der Waals surface area contributed by atoms with E-state index in [1.807, 2.05) is 39.8 Å². The maximum Gasteiger partial charge on any atom is 0.237 e. The van der Waals surface area contributed by atoms with Crippen LogP contribution in [0, 0.1) is 0 Å². The lowest BCUT2D eigenvalue weighted by Crippen LogP contribution is -2.45. The molecule has 1 aromatic heterocycles. The van der Waals surface area contributed by atoms with Gasteiger partial charge in [0, 0.05) is 6.04 Å². The Balaban J connectivity index is 2.45. The van der Waals surface area contributed by atoms with Crippen molar-refractivity contribution in [3.63, 3.8) is 0 Å². The second kappa shape index (κ2) is 5.70. The minimum absolute atomic E-state index is 0.00778. The Morgan fingerprint density at radius 3 is 2.50 bits per heavy atom. The molecule has 2 N–H and O–H groups in total. The summed E-state index contributed by atoms with van der Waals surface area (Å²) in [7, 11) is 0. The van der Waals surface area contributed by atoms with Crippen LogP contribution < -0.4 is 10.6 Å². The predicted octanol–water partition coefficient (Wildman–Crippen LogP) is 1.84. The van der Waals surface area contributed by atoms with Crippen molar-refractivity contribution in [1.29, 1.82) is 0 Å². The van der Waals surface area contributed by atoms with Crippen molar-refractivity contribution in [2.75, 3.05) is 0 Å². The molecule has 16 heavy (non-hydrogen) atoms. The molecule has 0 aliphatic rings. The lowest BCUT2D eigenvalue weighted by molar-refractivity contribution is -0.123. The Kier molecular flexibility index (Phi) is 4.55. The molecule has 0 saturated carbocycles. The normalized spacial score (nSPS) is 14.8. The predicted molar refractivity (Wildman–Crippen MR) is 63.0 cm³/mol. The first-order valence-corrected chi connectivity index (χ1v) is 5.60. The van der Waals surface area contributed by atoms with Gasteiger partial charge in [-0.05, 0) is 39.8 Å². The molecule has 2 unspecified atom stereocenters. The van der Waals surface area contributed by atoms with E-state index in [0.717, 1.165) is 5.76 Å². The zero-order valence-electron chi connectivity index (χ0n) is 10.3. The molecule has 0 saturated heterocycles. The average molecular weight is 224 g/mol. The Bertz CT molecular complexity index is 320. The third-order valence-electron chi connectivity index (χ3n) is 2.29. The van der Waals surface area contributed by atoms with E-state index in [0.29, 0.717) is 0 Å². The highest BCUT2D eigenvalue weighted by molar-refractivity contribution is 5.81. The molecular weight excluding hydrogens is 204 g/mol. The van der Waals surface area contributed by atoms with Crippen molar-refractivity contribution in [2.45, 2.75) is 45.8 Å². The van der Waals surface area contributed by atoms with Crippen LogP contribution in [0.3, 0.4) is 0 Å². The van der Waals surface area contributed by atoms with Gasteiger partial charge in [0.25, 0.3) is 0 Å². The van der Waals surface area contributed by atoms with Gasteiger partial charge in [0.05, 0.1) is 18.3 Å². The van der Waals surface area contributed by atoms with E-state index >= 15 is 0 Å². The summed E-state index contributed by atoms with van der Waals surface area (Å²) in [5.74, 6) is 0.845. The van der Waals surface area contributed by atoms with Crippen molar-refractivity contribution in [3.05, 3.63) is 24.2 Å². The van der Waals surface area contributed by atoms with Crippen LogP contribution in [-0.2, 0) is 4.79 Å². The van der Waals surface area contributed by atoms with Crippen LogP contribution in [-0.4, -0.2) is 18.0 Å². The fourth-order valence-corrected chi connectivity index (χ4v) is 1.48. The number of furan rings is 1. The zero-order chi connectivity index (χ0) is 12.1.